The predicted octanol–water partition coefficient (Wildman–Crippen LogP) is 4.14. The summed E-state index contributed by atoms with van der Waals surface area (Å²) in [4.78, 5) is 2.93. The van der Waals surface area contributed by atoms with Crippen molar-refractivity contribution in [2.24, 2.45) is 0 Å². The molecule has 0 amide bonds. The zero-order valence-electron chi connectivity index (χ0n) is 12.1. The van der Waals surface area contributed by atoms with Crippen molar-refractivity contribution in [1.29, 1.82) is 0 Å². The summed E-state index contributed by atoms with van der Waals surface area (Å²) in [5.41, 5.74) is 0. The molecule has 0 unspecified atom stereocenters. The van der Waals surface area contributed by atoms with Crippen LogP contribution in [0.4, 0.5) is 0 Å². The van der Waals surface area contributed by atoms with Gasteiger partial charge in [-0.05, 0) is 44.4 Å². The lowest BCUT2D eigenvalue weighted by atomic mass is 9.98. The molecule has 0 spiro atoms. The van der Waals surface area contributed by atoms with E-state index in [1.165, 1.54) is 41.9 Å². The summed E-state index contributed by atoms with van der Waals surface area (Å²) < 4.78 is 5.92. The van der Waals surface area contributed by atoms with E-state index < -0.39 is 0 Å². The fraction of sp³-hybridized carbons (Fsp3) is 0.750. The number of thiophene rings is 1. The van der Waals surface area contributed by atoms with Gasteiger partial charge < -0.3 is 10.1 Å². The van der Waals surface area contributed by atoms with Crippen molar-refractivity contribution in [2.45, 2.75) is 64.5 Å². The van der Waals surface area contributed by atoms with Crippen LogP contribution in [0.2, 0.25) is 0 Å². The molecule has 0 aromatic carbocycles. The number of hydrogen-bond acceptors (Lipinski definition) is 3. The first-order valence-electron chi connectivity index (χ1n) is 7.78. The molecule has 0 radical (unpaired) electrons. The van der Waals surface area contributed by atoms with Gasteiger partial charge in [-0.15, -0.1) is 11.3 Å². The molecule has 3 heteroatoms. The highest BCUT2D eigenvalue weighted by Gasteiger charge is 2.12. The van der Waals surface area contributed by atoms with Gasteiger partial charge >= 0.3 is 0 Å². The van der Waals surface area contributed by atoms with Crippen molar-refractivity contribution >= 4 is 11.3 Å². The van der Waals surface area contributed by atoms with E-state index >= 15 is 0 Å². The van der Waals surface area contributed by atoms with Gasteiger partial charge in [0.05, 0.1) is 6.10 Å². The Morgan fingerprint density at radius 1 is 1.21 bits per heavy atom. The molecule has 0 atom stereocenters. The Bertz CT molecular complexity index is 344. The summed E-state index contributed by atoms with van der Waals surface area (Å²) in [7, 11) is 0. The number of ether oxygens (including phenoxy) is 1. The third-order valence-corrected chi connectivity index (χ3v) is 5.00. The molecule has 1 aromatic heterocycles. The van der Waals surface area contributed by atoms with Crippen LogP contribution in [-0.4, -0.2) is 19.3 Å². The van der Waals surface area contributed by atoms with Gasteiger partial charge in [-0.2, -0.15) is 0 Å². The molecule has 2 nitrogen and oxygen atoms in total. The van der Waals surface area contributed by atoms with Crippen LogP contribution in [0.15, 0.2) is 12.1 Å². The third-order valence-electron chi connectivity index (χ3n) is 3.77. The topological polar surface area (TPSA) is 21.3 Å². The summed E-state index contributed by atoms with van der Waals surface area (Å²) in [5.74, 6) is 0. The average Bonchev–Trinajstić information content (AvgIpc) is 2.92. The Hall–Kier alpha value is -0.380. The van der Waals surface area contributed by atoms with E-state index in [0.717, 1.165) is 32.5 Å². The smallest absolute Gasteiger partial charge is 0.0575 e. The number of hydrogen-bond donors (Lipinski definition) is 1. The number of aryl methyl sites for hydroxylation is 1. The van der Waals surface area contributed by atoms with Crippen LogP contribution in [0.5, 0.6) is 0 Å². The predicted molar refractivity (Wildman–Crippen MR) is 82.8 cm³/mol. The van der Waals surface area contributed by atoms with E-state index in [9.17, 15) is 0 Å². The molecule has 0 aliphatic heterocycles. The lowest BCUT2D eigenvalue weighted by Crippen LogP contribution is -2.20. The second-order valence-corrected chi connectivity index (χ2v) is 6.64. The maximum atomic E-state index is 5.92. The van der Waals surface area contributed by atoms with Crippen molar-refractivity contribution in [3.8, 4) is 0 Å². The minimum absolute atomic E-state index is 0.554. The van der Waals surface area contributed by atoms with Gasteiger partial charge in [-0.3, -0.25) is 0 Å². The fourth-order valence-electron chi connectivity index (χ4n) is 2.60. The lowest BCUT2D eigenvalue weighted by Gasteiger charge is -2.21. The van der Waals surface area contributed by atoms with E-state index in [2.05, 4.69) is 24.4 Å². The van der Waals surface area contributed by atoms with Crippen LogP contribution >= 0.6 is 11.3 Å². The Morgan fingerprint density at radius 2 is 2.00 bits per heavy atom. The Kier molecular flexibility index (Phi) is 6.90. The third kappa shape index (κ3) is 5.64. The Morgan fingerprint density at radius 3 is 2.74 bits per heavy atom. The standard InChI is InChI=1S/C16H27NOS/c1-2-15-9-10-16(19-15)13-17-11-6-12-18-14-7-4-3-5-8-14/h9-10,14,17H,2-8,11-13H2,1H3. The van der Waals surface area contributed by atoms with Gasteiger partial charge in [0.1, 0.15) is 0 Å². The van der Waals surface area contributed by atoms with E-state index in [-0.39, 0.29) is 0 Å². The minimum atomic E-state index is 0.554. The first kappa shape index (κ1) is 15.0. The summed E-state index contributed by atoms with van der Waals surface area (Å²) >= 11 is 1.93. The van der Waals surface area contributed by atoms with E-state index in [1.807, 2.05) is 11.3 Å². The van der Waals surface area contributed by atoms with Crippen LogP contribution < -0.4 is 5.32 Å². The van der Waals surface area contributed by atoms with Gasteiger partial charge in [0, 0.05) is 22.9 Å². The second kappa shape index (κ2) is 8.72. The fourth-order valence-corrected chi connectivity index (χ4v) is 3.53. The minimum Gasteiger partial charge on any atom is -0.378 e. The Balaban J connectivity index is 1.47. The molecule has 1 saturated carbocycles. The lowest BCUT2D eigenvalue weighted by molar-refractivity contribution is 0.0273. The summed E-state index contributed by atoms with van der Waals surface area (Å²) in [6.45, 7) is 5.20. The second-order valence-electron chi connectivity index (χ2n) is 5.38. The number of rotatable bonds is 8. The first-order valence-corrected chi connectivity index (χ1v) is 8.60. The maximum Gasteiger partial charge on any atom is 0.0575 e. The summed E-state index contributed by atoms with van der Waals surface area (Å²) in [6, 6.07) is 4.49. The Labute approximate surface area is 121 Å². The molecule has 108 valence electrons. The monoisotopic (exact) mass is 281 g/mol. The quantitative estimate of drug-likeness (QED) is 0.723. The van der Waals surface area contributed by atoms with Crippen LogP contribution in [0.25, 0.3) is 0 Å². The molecule has 1 heterocycles. The SMILES string of the molecule is CCc1ccc(CNCCCOC2CCCCC2)s1. The molecule has 1 aliphatic carbocycles. The van der Waals surface area contributed by atoms with Crippen molar-refractivity contribution in [2.75, 3.05) is 13.2 Å². The zero-order chi connectivity index (χ0) is 13.3. The van der Waals surface area contributed by atoms with Crippen LogP contribution in [0.3, 0.4) is 0 Å². The first-order chi connectivity index (χ1) is 9.38. The van der Waals surface area contributed by atoms with E-state index in [4.69, 9.17) is 4.74 Å². The van der Waals surface area contributed by atoms with Crippen molar-refractivity contribution in [3.63, 3.8) is 0 Å². The average molecular weight is 281 g/mol. The van der Waals surface area contributed by atoms with Gasteiger partial charge in [-0.25, -0.2) is 0 Å². The normalized spacial score (nSPS) is 16.9. The van der Waals surface area contributed by atoms with Gasteiger partial charge in [-0.1, -0.05) is 26.2 Å². The molecule has 2 rings (SSSR count). The zero-order valence-corrected chi connectivity index (χ0v) is 12.9. The van der Waals surface area contributed by atoms with Crippen molar-refractivity contribution in [1.82, 2.24) is 5.32 Å². The van der Waals surface area contributed by atoms with Crippen LogP contribution in [-0.2, 0) is 17.7 Å². The number of nitrogens with one attached hydrogen (secondary N) is 1. The van der Waals surface area contributed by atoms with Gasteiger partial charge in [0.15, 0.2) is 0 Å². The van der Waals surface area contributed by atoms with Gasteiger partial charge in [0.25, 0.3) is 0 Å². The molecule has 1 N–H and O–H groups in total. The molecule has 1 fully saturated rings. The molecular weight excluding hydrogens is 254 g/mol. The highest BCUT2D eigenvalue weighted by atomic mass is 32.1. The van der Waals surface area contributed by atoms with Crippen molar-refractivity contribution < 1.29 is 4.74 Å². The molecule has 0 saturated heterocycles. The van der Waals surface area contributed by atoms with Crippen LogP contribution in [0, 0.1) is 0 Å². The van der Waals surface area contributed by atoms with Crippen molar-refractivity contribution in [3.05, 3.63) is 21.9 Å². The molecule has 19 heavy (non-hydrogen) atoms. The molecule has 1 aliphatic rings. The highest BCUT2D eigenvalue weighted by molar-refractivity contribution is 7.11. The molecule has 0 bridgehead atoms. The summed E-state index contributed by atoms with van der Waals surface area (Å²) in [5, 5.41) is 3.51. The highest BCUT2D eigenvalue weighted by Crippen LogP contribution is 2.20. The van der Waals surface area contributed by atoms with Crippen LogP contribution in [0.1, 0.15) is 55.2 Å². The summed E-state index contributed by atoms with van der Waals surface area (Å²) in [6.07, 6.45) is 9.52. The van der Waals surface area contributed by atoms with E-state index in [0.29, 0.717) is 6.10 Å². The molecule has 1 aromatic rings. The van der Waals surface area contributed by atoms with Gasteiger partial charge in [0.2, 0.25) is 0 Å². The largest absolute Gasteiger partial charge is 0.378 e. The maximum absolute atomic E-state index is 5.92. The molecular formula is C16H27NOS. The van der Waals surface area contributed by atoms with E-state index in [1.54, 1.807) is 0 Å².